The molecule has 1 atom stereocenters. The molecule has 0 radical (unpaired) electrons. The maximum Gasteiger partial charge on any atom is 0.126 e. The summed E-state index contributed by atoms with van der Waals surface area (Å²) in [6, 6.07) is 5.67. The summed E-state index contributed by atoms with van der Waals surface area (Å²) >= 11 is 0. The van der Waals surface area contributed by atoms with E-state index in [9.17, 15) is 9.50 Å². The summed E-state index contributed by atoms with van der Waals surface area (Å²) in [5, 5.41) is 10.1. The molecule has 1 aromatic rings. The summed E-state index contributed by atoms with van der Waals surface area (Å²) in [6.07, 6.45) is 3.95. The SMILES string of the molecule is Cc1ccc(C(O)CCN(C)C2CCC2)cc1F. The minimum atomic E-state index is -0.567. The summed E-state index contributed by atoms with van der Waals surface area (Å²) in [7, 11) is 2.10. The molecule has 1 aliphatic carbocycles. The van der Waals surface area contributed by atoms with Gasteiger partial charge in [0.25, 0.3) is 0 Å². The van der Waals surface area contributed by atoms with Crippen LogP contribution in [0, 0.1) is 12.7 Å². The van der Waals surface area contributed by atoms with Crippen LogP contribution in [0.5, 0.6) is 0 Å². The molecule has 0 aliphatic heterocycles. The number of hydrogen-bond donors (Lipinski definition) is 1. The molecule has 1 fully saturated rings. The van der Waals surface area contributed by atoms with Crippen molar-refractivity contribution in [2.75, 3.05) is 13.6 Å². The number of hydrogen-bond acceptors (Lipinski definition) is 2. The Hall–Kier alpha value is -0.930. The maximum atomic E-state index is 13.4. The summed E-state index contributed by atoms with van der Waals surface area (Å²) in [5.74, 6) is -0.237. The third-order valence-electron chi connectivity index (χ3n) is 4.03. The number of nitrogens with zero attached hydrogens (tertiary/aromatic N) is 1. The average molecular weight is 251 g/mol. The second-order valence-corrected chi connectivity index (χ2v) is 5.38. The first-order valence-electron chi connectivity index (χ1n) is 6.72. The molecule has 0 heterocycles. The number of rotatable bonds is 5. The van der Waals surface area contributed by atoms with Gasteiger partial charge in [0.1, 0.15) is 5.82 Å². The van der Waals surface area contributed by atoms with Crippen molar-refractivity contribution in [2.45, 2.75) is 44.8 Å². The van der Waals surface area contributed by atoms with Crippen molar-refractivity contribution in [1.82, 2.24) is 4.90 Å². The van der Waals surface area contributed by atoms with E-state index in [1.807, 2.05) is 6.07 Å². The van der Waals surface area contributed by atoms with Crippen LogP contribution < -0.4 is 0 Å². The van der Waals surface area contributed by atoms with E-state index in [2.05, 4.69) is 11.9 Å². The number of aliphatic hydroxyl groups excluding tert-OH is 1. The average Bonchev–Trinajstić information content (AvgIpc) is 2.27. The van der Waals surface area contributed by atoms with Crippen molar-refractivity contribution < 1.29 is 9.50 Å². The summed E-state index contributed by atoms with van der Waals surface area (Å²) in [6.45, 7) is 2.59. The van der Waals surface area contributed by atoms with Gasteiger partial charge in [0, 0.05) is 12.6 Å². The van der Waals surface area contributed by atoms with Gasteiger partial charge in [-0.1, -0.05) is 18.6 Å². The molecule has 1 unspecified atom stereocenters. The normalized spacial score (nSPS) is 17.8. The van der Waals surface area contributed by atoms with Crippen LogP contribution in [0.2, 0.25) is 0 Å². The lowest BCUT2D eigenvalue weighted by Gasteiger charge is -2.35. The van der Waals surface area contributed by atoms with Crippen LogP contribution in [0.15, 0.2) is 18.2 Å². The van der Waals surface area contributed by atoms with Gasteiger partial charge in [-0.3, -0.25) is 0 Å². The van der Waals surface area contributed by atoms with Crippen LogP contribution in [-0.2, 0) is 0 Å². The Morgan fingerprint density at radius 3 is 2.72 bits per heavy atom. The molecule has 2 rings (SSSR count). The zero-order chi connectivity index (χ0) is 13.1. The van der Waals surface area contributed by atoms with E-state index in [0.29, 0.717) is 23.6 Å². The standard InChI is InChI=1S/C15H22FNO/c1-11-6-7-12(10-14(11)16)15(18)8-9-17(2)13-4-3-5-13/h6-7,10,13,15,18H,3-5,8-9H2,1-2H3. The van der Waals surface area contributed by atoms with E-state index in [0.717, 1.165) is 6.54 Å². The van der Waals surface area contributed by atoms with Gasteiger partial charge in [-0.2, -0.15) is 0 Å². The molecule has 1 saturated carbocycles. The molecule has 0 spiro atoms. The van der Waals surface area contributed by atoms with Gasteiger partial charge in [-0.15, -0.1) is 0 Å². The van der Waals surface area contributed by atoms with Crippen LogP contribution in [-0.4, -0.2) is 29.6 Å². The van der Waals surface area contributed by atoms with E-state index in [-0.39, 0.29) is 5.82 Å². The molecule has 3 heteroatoms. The Morgan fingerprint density at radius 1 is 1.44 bits per heavy atom. The van der Waals surface area contributed by atoms with E-state index in [4.69, 9.17) is 0 Å². The van der Waals surface area contributed by atoms with Gasteiger partial charge < -0.3 is 10.0 Å². The van der Waals surface area contributed by atoms with Crippen LogP contribution in [0.1, 0.15) is 42.9 Å². The van der Waals surface area contributed by atoms with Gasteiger partial charge in [0.05, 0.1) is 6.10 Å². The first-order chi connectivity index (χ1) is 8.58. The highest BCUT2D eigenvalue weighted by Crippen LogP contribution is 2.25. The Kier molecular flexibility index (Phi) is 4.36. The van der Waals surface area contributed by atoms with Crippen LogP contribution >= 0.6 is 0 Å². The largest absolute Gasteiger partial charge is 0.388 e. The van der Waals surface area contributed by atoms with Crippen LogP contribution in [0.3, 0.4) is 0 Å². The second-order valence-electron chi connectivity index (χ2n) is 5.38. The van der Waals surface area contributed by atoms with Crippen molar-refractivity contribution in [2.24, 2.45) is 0 Å². The molecule has 100 valence electrons. The maximum absolute atomic E-state index is 13.4. The second kappa shape index (κ2) is 5.81. The zero-order valence-corrected chi connectivity index (χ0v) is 11.2. The van der Waals surface area contributed by atoms with Crippen LogP contribution in [0.25, 0.3) is 0 Å². The fourth-order valence-corrected chi connectivity index (χ4v) is 2.32. The van der Waals surface area contributed by atoms with Gasteiger partial charge in [0.2, 0.25) is 0 Å². The highest BCUT2D eigenvalue weighted by atomic mass is 19.1. The van der Waals surface area contributed by atoms with Crippen molar-refractivity contribution in [3.63, 3.8) is 0 Å². The Bertz CT molecular complexity index is 403. The number of aliphatic hydroxyl groups is 1. The Labute approximate surface area is 108 Å². The minimum absolute atomic E-state index is 0.237. The Morgan fingerprint density at radius 2 is 2.17 bits per heavy atom. The third-order valence-corrected chi connectivity index (χ3v) is 4.03. The predicted molar refractivity (Wildman–Crippen MR) is 71.0 cm³/mol. The first kappa shape index (κ1) is 13.5. The fraction of sp³-hybridized carbons (Fsp3) is 0.600. The number of aryl methyl sites for hydroxylation is 1. The Balaban J connectivity index is 1.86. The summed E-state index contributed by atoms with van der Waals surface area (Å²) in [4.78, 5) is 2.30. The molecular weight excluding hydrogens is 229 g/mol. The summed E-state index contributed by atoms with van der Waals surface area (Å²) in [5.41, 5.74) is 1.30. The molecular formula is C15H22FNO. The topological polar surface area (TPSA) is 23.5 Å². The van der Waals surface area contributed by atoms with E-state index in [1.165, 1.54) is 25.3 Å². The predicted octanol–water partition coefficient (Wildman–Crippen LogP) is 3.04. The van der Waals surface area contributed by atoms with E-state index < -0.39 is 6.10 Å². The molecule has 0 bridgehead atoms. The molecule has 1 N–H and O–H groups in total. The zero-order valence-electron chi connectivity index (χ0n) is 11.2. The van der Waals surface area contributed by atoms with Crippen molar-refractivity contribution in [1.29, 1.82) is 0 Å². The van der Waals surface area contributed by atoms with Crippen molar-refractivity contribution in [3.8, 4) is 0 Å². The minimum Gasteiger partial charge on any atom is -0.388 e. The van der Waals surface area contributed by atoms with Gasteiger partial charge in [-0.05, 0) is 50.4 Å². The molecule has 0 aromatic heterocycles. The monoisotopic (exact) mass is 251 g/mol. The molecule has 0 saturated heterocycles. The smallest absolute Gasteiger partial charge is 0.126 e. The molecule has 18 heavy (non-hydrogen) atoms. The highest BCUT2D eigenvalue weighted by Gasteiger charge is 2.22. The van der Waals surface area contributed by atoms with Gasteiger partial charge >= 0.3 is 0 Å². The van der Waals surface area contributed by atoms with Crippen LogP contribution in [0.4, 0.5) is 4.39 Å². The lowest BCUT2D eigenvalue weighted by atomic mass is 9.91. The number of halogens is 1. The lowest BCUT2D eigenvalue weighted by Crippen LogP contribution is -2.38. The van der Waals surface area contributed by atoms with E-state index >= 15 is 0 Å². The van der Waals surface area contributed by atoms with E-state index in [1.54, 1.807) is 13.0 Å². The lowest BCUT2D eigenvalue weighted by molar-refractivity contribution is 0.112. The van der Waals surface area contributed by atoms with Crippen molar-refractivity contribution >= 4 is 0 Å². The van der Waals surface area contributed by atoms with Gasteiger partial charge in [-0.25, -0.2) is 4.39 Å². The quantitative estimate of drug-likeness (QED) is 0.869. The fourth-order valence-electron chi connectivity index (χ4n) is 2.32. The first-order valence-corrected chi connectivity index (χ1v) is 6.72. The summed E-state index contributed by atoms with van der Waals surface area (Å²) < 4.78 is 13.4. The van der Waals surface area contributed by atoms with Gasteiger partial charge in [0.15, 0.2) is 0 Å². The molecule has 2 nitrogen and oxygen atoms in total. The number of benzene rings is 1. The third kappa shape index (κ3) is 3.09. The molecule has 0 amide bonds. The highest BCUT2D eigenvalue weighted by molar-refractivity contribution is 5.24. The van der Waals surface area contributed by atoms with Crippen molar-refractivity contribution in [3.05, 3.63) is 35.1 Å². The molecule has 1 aromatic carbocycles. The molecule has 1 aliphatic rings.